The highest BCUT2D eigenvalue weighted by molar-refractivity contribution is 5.94. The first-order chi connectivity index (χ1) is 9.78. The zero-order chi connectivity index (χ0) is 13.9. The number of carbonyl (C=O) groups is 1. The third-order valence-electron chi connectivity index (χ3n) is 3.30. The molecule has 0 fully saturated rings. The summed E-state index contributed by atoms with van der Waals surface area (Å²) < 4.78 is 6.51. The maximum Gasteiger partial charge on any atom is 0.343 e. The fourth-order valence-corrected chi connectivity index (χ4v) is 2.31. The van der Waals surface area contributed by atoms with Crippen molar-refractivity contribution in [3.63, 3.8) is 0 Å². The summed E-state index contributed by atoms with van der Waals surface area (Å²) in [6, 6.07) is 10.3. The number of carbonyl (C=O) groups excluding carboxylic acids is 1. The highest BCUT2D eigenvalue weighted by Crippen LogP contribution is 2.21. The van der Waals surface area contributed by atoms with Crippen LogP contribution in [-0.2, 0) is 18.0 Å². The number of anilines is 1. The van der Waals surface area contributed by atoms with Crippen molar-refractivity contribution in [1.82, 2.24) is 14.7 Å². The van der Waals surface area contributed by atoms with Gasteiger partial charge in [0.25, 0.3) is 0 Å². The summed E-state index contributed by atoms with van der Waals surface area (Å²) in [5.74, 6) is 0.358. The quantitative estimate of drug-likeness (QED) is 0.858. The fourth-order valence-electron chi connectivity index (χ4n) is 2.31. The summed E-state index contributed by atoms with van der Waals surface area (Å²) in [6.45, 7) is 2.15. The Kier molecular flexibility index (Phi) is 3.39. The van der Waals surface area contributed by atoms with Gasteiger partial charge >= 0.3 is 5.97 Å². The summed E-state index contributed by atoms with van der Waals surface area (Å²) in [7, 11) is 1.37. The molecule has 0 aliphatic carbocycles. The third kappa shape index (κ3) is 2.37. The van der Waals surface area contributed by atoms with E-state index in [1.165, 1.54) is 12.7 Å². The molecule has 1 aliphatic heterocycles. The Morgan fingerprint density at radius 3 is 2.95 bits per heavy atom. The second kappa shape index (κ2) is 5.34. The molecular weight excluding hydrogens is 256 g/mol. The minimum absolute atomic E-state index is 0.366. The van der Waals surface area contributed by atoms with Crippen molar-refractivity contribution in [1.29, 1.82) is 0 Å². The lowest BCUT2D eigenvalue weighted by molar-refractivity contribution is 0.0601. The molecule has 1 aliphatic rings. The van der Waals surface area contributed by atoms with E-state index in [1.54, 1.807) is 10.9 Å². The molecule has 0 saturated carbocycles. The van der Waals surface area contributed by atoms with Crippen molar-refractivity contribution < 1.29 is 9.53 Å². The van der Waals surface area contributed by atoms with E-state index in [-0.39, 0.29) is 5.97 Å². The van der Waals surface area contributed by atoms with Gasteiger partial charge in [0, 0.05) is 6.54 Å². The van der Waals surface area contributed by atoms with Crippen LogP contribution in [0.1, 0.15) is 15.9 Å². The van der Waals surface area contributed by atoms with Gasteiger partial charge in [-0.15, -0.1) is 0 Å². The number of hydrogen-bond donors (Lipinski definition) is 1. The van der Waals surface area contributed by atoms with E-state index in [2.05, 4.69) is 27.4 Å². The second-order valence-corrected chi connectivity index (χ2v) is 4.69. The monoisotopic (exact) mass is 272 g/mol. The molecule has 0 atom stereocenters. The van der Waals surface area contributed by atoms with Crippen molar-refractivity contribution in [2.45, 2.75) is 13.2 Å². The van der Waals surface area contributed by atoms with Crippen LogP contribution in [0.4, 0.5) is 5.82 Å². The van der Waals surface area contributed by atoms with E-state index >= 15 is 0 Å². The van der Waals surface area contributed by atoms with Gasteiger partial charge in [-0.25, -0.2) is 9.48 Å². The van der Waals surface area contributed by atoms with Crippen molar-refractivity contribution >= 4 is 11.8 Å². The van der Waals surface area contributed by atoms with Crippen LogP contribution in [0.25, 0.3) is 0 Å². The molecule has 6 heteroatoms. The number of rotatable bonds is 3. The largest absolute Gasteiger partial charge is 0.465 e. The first-order valence-corrected chi connectivity index (χ1v) is 6.42. The highest BCUT2D eigenvalue weighted by atomic mass is 16.5. The predicted octanol–water partition coefficient (Wildman–Crippen LogP) is 1.51. The molecule has 1 aromatic carbocycles. The summed E-state index contributed by atoms with van der Waals surface area (Å²) in [6.07, 6.45) is 1.54. The fraction of sp³-hybridized carbons (Fsp3) is 0.286. The van der Waals surface area contributed by atoms with Gasteiger partial charge < -0.3 is 10.1 Å². The van der Waals surface area contributed by atoms with E-state index in [4.69, 9.17) is 4.74 Å². The van der Waals surface area contributed by atoms with E-state index < -0.39 is 0 Å². The normalized spacial score (nSPS) is 14.4. The summed E-state index contributed by atoms with van der Waals surface area (Å²) in [4.78, 5) is 13.8. The molecule has 20 heavy (non-hydrogen) atoms. The number of ether oxygens (including phenoxy) is 1. The lowest BCUT2D eigenvalue weighted by Crippen LogP contribution is -2.37. The second-order valence-electron chi connectivity index (χ2n) is 4.69. The van der Waals surface area contributed by atoms with Crippen LogP contribution in [0.5, 0.6) is 0 Å². The van der Waals surface area contributed by atoms with Gasteiger partial charge in [0.05, 0.1) is 26.6 Å². The van der Waals surface area contributed by atoms with Crippen molar-refractivity contribution in [2.24, 2.45) is 0 Å². The molecule has 104 valence electrons. The molecule has 0 unspecified atom stereocenters. The van der Waals surface area contributed by atoms with E-state index in [1.807, 2.05) is 18.2 Å². The lowest BCUT2D eigenvalue weighted by atomic mass is 10.2. The molecule has 1 aromatic heterocycles. The van der Waals surface area contributed by atoms with Gasteiger partial charge in [-0.3, -0.25) is 4.90 Å². The first-order valence-electron chi connectivity index (χ1n) is 6.42. The van der Waals surface area contributed by atoms with Crippen LogP contribution in [-0.4, -0.2) is 34.4 Å². The first kappa shape index (κ1) is 12.7. The van der Waals surface area contributed by atoms with E-state index in [9.17, 15) is 4.79 Å². The van der Waals surface area contributed by atoms with Gasteiger partial charge in [0.1, 0.15) is 11.4 Å². The Morgan fingerprint density at radius 2 is 2.20 bits per heavy atom. The summed E-state index contributed by atoms with van der Waals surface area (Å²) in [5.41, 5.74) is 1.73. The van der Waals surface area contributed by atoms with Crippen molar-refractivity contribution in [2.75, 3.05) is 19.1 Å². The zero-order valence-corrected chi connectivity index (χ0v) is 11.2. The van der Waals surface area contributed by atoms with Gasteiger partial charge in [-0.1, -0.05) is 30.3 Å². The SMILES string of the molecule is COC(=O)c1cnn2c1NCN(Cc1ccccc1)C2. The van der Waals surface area contributed by atoms with Crippen LogP contribution < -0.4 is 5.32 Å². The zero-order valence-electron chi connectivity index (χ0n) is 11.2. The molecule has 1 N–H and O–H groups in total. The molecule has 0 saturated heterocycles. The Balaban J connectivity index is 1.73. The van der Waals surface area contributed by atoms with Crippen LogP contribution in [0.3, 0.4) is 0 Å². The average molecular weight is 272 g/mol. The van der Waals surface area contributed by atoms with Gasteiger partial charge in [-0.2, -0.15) is 5.10 Å². The topological polar surface area (TPSA) is 59.4 Å². The highest BCUT2D eigenvalue weighted by Gasteiger charge is 2.23. The molecule has 0 amide bonds. The van der Waals surface area contributed by atoms with E-state index in [0.29, 0.717) is 18.9 Å². The summed E-state index contributed by atoms with van der Waals surface area (Å²) in [5, 5.41) is 7.45. The van der Waals surface area contributed by atoms with Crippen LogP contribution >= 0.6 is 0 Å². The molecule has 0 spiro atoms. The van der Waals surface area contributed by atoms with Gasteiger partial charge in [-0.05, 0) is 5.56 Å². The smallest absolute Gasteiger partial charge is 0.343 e. The molecule has 2 heterocycles. The Morgan fingerprint density at radius 1 is 1.40 bits per heavy atom. The summed E-state index contributed by atoms with van der Waals surface area (Å²) >= 11 is 0. The number of fused-ring (bicyclic) bond motifs is 1. The number of methoxy groups -OCH3 is 1. The molecule has 6 nitrogen and oxygen atoms in total. The Hall–Kier alpha value is -2.34. The molecule has 2 aromatic rings. The standard InChI is InChI=1S/C14H16N4O2/c1-20-14(19)12-7-16-18-10-17(9-15-13(12)18)8-11-5-3-2-4-6-11/h2-7,15H,8-10H2,1H3. The number of esters is 1. The Bertz CT molecular complexity index is 609. The number of nitrogens with zero attached hydrogens (tertiary/aromatic N) is 3. The molecular formula is C14H16N4O2. The van der Waals surface area contributed by atoms with Gasteiger partial charge in [0.2, 0.25) is 0 Å². The lowest BCUT2D eigenvalue weighted by Gasteiger charge is -2.29. The maximum atomic E-state index is 11.6. The number of aromatic nitrogens is 2. The molecule has 0 bridgehead atoms. The third-order valence-corrected chi connectivity index (χ3v) is 3.30. The predicted molar refractivity (Wildman–Crippen MR) is 74.0 cm³/mol. The number of nitrogens with one attached hydrogen (secondary N) is 1. The van der Waals surface area contributed by atoms with Crippen LogP contribution in [0.15, 0.2) is 36.5 Å². The minimum atomic E-state index is -0.366. The minimum Gasteiger partial charge on any atom is -0.465 e. The number of hydrogen-bond acceptors (Lipinski definition) is 5. The average Bonchev–Trinajstić information content (AvgIpc) is 2.90. The van der Waals surface area contributed by atoms with Crippen molar-refractivity contribution in [3.8, 4) is 0 Å². The molecule has 0 radical (unpaired) electrons. The Labute approximate surface area is 116 Å². The van der Waals surface area contributed by atoms with Crippen LogP contribution in [0, 0.1) is 0 Å². The van der Waals surface area contributed by atoms with Gasteiger partial charge in [0.15, 0.2) is 0 Å². The van der Waals surface area contributed by atoms with Crippen molar-refractivity contribution in [3.05, 3.63) is 47.7 Å². The molecule has 3 rings (SSSR count). The van der Waals surface area contributed by atoms with Crippen LogP contribution in [0.2, 0.25) is 0 Å². The van der Waals surface area contributed by atoms with E-state index in [0.717, 1.165) is 12.4 Å². The maximum absolute atomic E-state index is 11.6. The number of benzene rings is 1.